The first kappa shape index (κ1) is 12.5. The van der Waals surface area contributed by atoms with E-state index in [4.69, 9.17) is 0 Å². The van der Waals surface area contributed by atoms with Gasteiger partial charge in [-0.2, -0.15) is 0 Å². The summed E-state index contributed by atoms with van der Waals surface area (Å²) in [5, 5.41) is 2.55. The molecule has 1 amide bonds. The van der Waals surface area contributed by atoms with E-state index in [9.17, 15) is 9.59 Å². The maximum Gasteiger partial charge on any atom is 0.508 e. The van der Waals surface area contributed by atoms with E-state index in [1.807, 2.05) is 6.08 Å². The first-order chi connectivity index (χ1) is 6.81. The van der Waals surface area contributed by atoms with E-state index in [1.165, 1.54) is 7.11 Å². The van der Waals surface area contributed by atoms with Crippen LogP contribution in [0.4, 0.5) is 4.79 Å². The van der Waals surface area contributed by atoms with Gasteiger partial charge in [-0.25, -0.2) is 4.79 Å². The van der Waals surface area contributed by atoms with Gasteiger partial charge in [-0.05, 0) is 12.8 Å². The number of hydrogen-bond donors (Lipinski definition) is 1. The minimum absolute atomic E-state index is 0.216. The third kappa shape index (κ3) is 8.58. The smallest absolute Gasteiger partial charge is 0.438 e. The van der Waals surface area contributed by atoms with Gasteiger partial charge in [0.1, 0.15) is 6.61 Å². The zero-order valence-electron chi connectivity index (χ0n) is 8.19. The van der Waals surface area contributed by atoms with Crippen molar-refractivity contribution in [3.63, 3.8) is 0 Å². The van der Waals surface area contributed by atoms with E-state index >= 15 is 0 Å². The molecule has 0 rings (SSSR count). The van der Waals surface area contributed by atoms with Crippen LogP contribution >= 0.6 is 0 Å². The minimum Gasteiger partial charge on any atom is -0.438 e. The maximum absolute atomic E-state index is 10.5. The van der Waals surface area contributed by atoms with Gasteiger partial charge in [0.05, 0.1) is 7.11 Å². The molecule has 14 heavy (non-hydrogen) atoms. The first-order valence-corrected chi connectivity index (χ1v) is 4.34. The number of ether oxygens (including phenoxy) is 2. The molecule has 0 aliphatic heterocycles. The van der Waals surface area contributed by atoms with Crippen LogP contribution in [0.1, 0.15) is 12.8 Å². The molecule has 1 N–H and O–H groups in total. The Hall–Kier alpha value is -1.52. The van der Waals surface area contributed by atoms with E-state index in [-0.39, 0.29) is 6.61 Å². The van der Waals surface area contributed by atoms with Crippen LogP contribution in [0.15, 0.2) is 12.2 Å². The SMILES string of the molecule is COC(=O)OC/C=C/CCCNC=O. The Balaban J connectivity index is 3.19. The van der Waals surface area contributed by atoms with Gasteiger partial charge in [-0.1, -0.05) is 12.2 Å². The largest absolute Gasteiger partial charge is 0.508 e. The van der Waals surface area contributed by atoms with Crippen molar-refractivity contribution in [1.29, 1.82) is 0 Å². The lowest BCUT2D eigenvalue weighted by molar-refractivity contribution is -0.109. The molecule has 0 saturated heterocycles. The normalized spacial score (nSPS) is 9.79. The maximum atomic E-state index is 10.5. The summed E-state index contributed by atoms with van der Waals surface area (Å²) >= 11 is 0. The number of nitrogens with one attached hydrogen (secondary N) is 1. The standard InChI is InChI=1S/C9H15NO4/c1-13-9(12)14-7-5-3-2-4-6-10-8-11/h3,5,8H,2,4,6-7H2,1H3,(H,10,11)/b5-3+. The lowest BCUT2D eigenvalue weighted by atomic mass is 10.3. The Morgan fingerprint density at radius 2 is 2.21 bits per heavy atom. The fourth-order valence-electron chi connectivity index (χ4n) is 0.742. The lowest BCUT2D eigenvalue weighted by Gasteiger charge is -1.97. The molecule has 0 aliphatic rings. The second-order valence-electron chi connectivity index (χ2n) is 2.45. The Bertz CT molecular complexity index is 191. The number of amides is 1. The summed E-state index contributed by atoms with van der Waals surface area (Å²) in [6, 6.07) is 0. The number of unbranched alkanes of at least 4 members (excludes halogenated alkanes) is 1. The number of allylic oxidation sites excluding steroid dienone is 1. The van der Waals surface area contributed by atoms with Crippen molar-refractivity contribution in [3.05, 3.63) is 12.2 Å². The molecule has 0 unspecified atom stereocenters. The quantitative estimate of drug-likeness (QED) is 0.287. The second-order valence-corrected chi connectivity index (χ2v) is 2.45. The van der Waals surface area contributed by atoms with Crippen molar-refractivity contribution in [1.82, 2.24) is 5.32 Å². The van der Waals surface area contributed by atoms with E-state index < -0.39 is 6.16 Å². The van der Waals surface area contributed by atoms with E-state index in [0.29, 0.717) is 13.0 Å². The van der Waals surface area contributed by atoms with Gasteiger partial charge in [0.15, 0.2) is 0 Å². The molecule has 0 aromatic rings. The van der Waals surface area contributed by atoms with Crippen LogP contribution in [0.5, 0.6) is 0 Å². The second kappa shape index (κ2) is 9.57. The van der Waals surface area contributed by atoms with Crippen LogP contribution in [-0.2, 0) is 14.3 Å². The molecule has 0 fully saturated rings. The van der Waals surface area contributed by atoms with Crippen molar-refractivity contribution in [2.75, 3.05) is 20.3 Å². The van der Waals surface area contributed by atoms with Crippen molar-refractivity contribution in [2.24, 2.45) is 0 Å². The molecule has 0 radical (unpaired) electrons. The summed E-state index contributed by atoms with van der Waals surface area (Å²) in [5.74, 6) is 0. The van der Waals surface area contributed by atoms with Crippen molar-refractivity contribution >= 4 is 12.6 Å². The fourth-order valence-corrected chi connectivity index (χ4v) is 0.742. The molecule has 0 aromatic heterocycles. The number of hydrogen-bond acceptors (Lipinski definition) is 4. The van der Waals surface area contributed by atoms with Gasteiger partial charge in [0, 0.05) is 6.54 Å². The zero-order valence-corrected chi connectivity index (χ0v) is 8.19. The monoisotopic (exact) mass is 201 g/mol. The van der Waals surface area contributed by atoms with E-state index in [1.54, 1.807) is 6.08 Å². The third-order valence-corrected chi connectivity index (χ3v) is 1.41. The highest BCUT2D eigenvalue weighted by molar-refractivity contribution is 5.59. The highest BCUT2D eigenvalue weighted by atomic mass is 16.7. The van der Waals surface area contributed by atoms with Crippen molar-refractivity contribution in [2.45, 2.75) is 12.8 Å². The summed E-state index contributed by atoms with van der Waals surface area (Å²) in [6.07, 6.45) is 5.31. The van der Waals surface area contributed by atoms with Crippen LogP contribution < -0.4 is 5.32 Å². The Morgan fingerprint density at radius 1 is 1.43 bits per heavy atom. The summed E-state index contributed by atoms with van der Waals surface area (Å²) < 4.78 is 8.87. The van der Waals surface area contributed by atoms with Crippen molar-refractivity contribution < 1.29 is 19.1 Å². The molecule has 5 nitrogen and oxygen atoms in total. The average Bonchev–Trinajstić information content (AvgIpc) is 2.21. The minimum atomic E-state index is -0.683. The van der Waals surface area contributed by atoms with Gasteiger partial charge in [0.25, 0.3) is 0 Å². The van der Waals surface area contributed by atoms with Crippen molar-refractivity contribution in [3.8, 4) is 0 Å². The molecular weight excluding hydrogens is 186 g/mol. The molecule has 0 atom stereocenters. The van der Waals surface area contributed by atoms with E-state index in [2.05, 4.69) is 14.8 Å². The van der Waals surface area contributed by atoms with Crippen LogP contribution in [0, 0.1) is 0 Å². The number of carbonyl (C=O) groups is 2. The lowest BCUT2D eigenvalue weighted by Crippen LogP contribution is -2.11. The summed E-state index contributed by atoms with van der Waals surface area (Å²) in [7, 11) is 1.26. The first-order valence-electron chi connectivity index (χ1n) is 4.34. The Labute approximate surface area is 83.1 Å². The molecule has 0 aromatic carbocycles. The molecule has 0 aliphatic carbocycles. The van der Waals surface area contributed by atoms with Gasteiger partial charge in [-0.15, -0.1) is 0 Å². The number of rotatable bonds is 7. The van der Waals surface area contributed by atoms with Gasteiger partial charge in [0.2, 0.25) is 6.41 Å². The van der Waals surface area contributed by atoms with Crippen LogP contribution in [-0.4, -0.2) is 32.8 Å². The summed E-state index contributed by atoms with van der Waals surface area (Å²) in [5.41, 5.74) is 0. The number of carbonyl (C=O) groups excluding carboxylic acids is 2. The van der Waals surface area contributed by atoms with Crippen LogP contribution in [0.2, 0.25) is 0 Å². The highest BCUT2D eigenvalue weighted by Gasteiger charge is 1.95. The van der Waals surface area contributed by atoms with E-state index in [0.717, 1.165) is 12.8 Å². The molecule has 0 spiro atoms. The highest BCUT2D eigenvalue weighted by Crippen LogP contribution is 1.90. The Morgan fingerprint density at radius 3 is 2.86 bits per heavy atom. The van der Waals surface area contributed by atoms with Crippen LogP contribution in [0.25, 0.3) is 0 Å². The molecule has 0 heterocycles. The molecule has 0 bridgehead atoms. The molecule has 80 valence electrons. The average molecular weight is 201 g/mol. The third-order valence-electron chi connectivity index (χ3n) is 1.41. The van der Waals surface area contributed by atoms with Gasteiger partial charge in [-0.3, -0.25) is 4.79 Å². The van der Waals surface area contributed by atoms with Gasteiger partial charge < -0.3 is 14.8 Å². The summed E-state index contributed by atoms with van der Waals surface area (Å²) in [6.45, 7) is 0.874. The molecular formula is C9H15NO4. The fraction of sp³-hybridized carbons (Fsp3) is 0.556. The molecule has 5 heteroatoms. The predicted molar refractivity (Wildman–Crippen MR) is 50.8 cm³/mol. The number of methoxy groups -OCH3 is 1. The zero-order chi connectivity index (χ0) is 10.6. The summed E-state index contributed by atoms with van der Waals surface area (Å²) in [4.78, 5) is 20.3. The Kier molecular flexibility index (Phi) is 8.53. The predicted octanol–water partition coefficient (Wildman–Crippen LogP) is 0.852. The topological polar surface area (TPSA) is 64.6 Å². The molecule has 0 saturated carbocycles. The van der Waals surface area contributed by atoms with Crippen LogP contribution in [0.3, 0.4) is 0 Å². The van der Waals surface area contributed by atoms with Gasteiger partial charge >= 0.3 is 6.16 Å².